The van der Waals surface area contributed by atoms with Gasteiger partial charge in [0.15, 0.2) is 0 Å². The van der Waals surface area contributed by atoms with Crippen LogP contribution in [0.15, 0.2) is 12.4 Å². The van der Waals surface area contributed by atoms with Gasteiger partial charge in [-0.05, 0) is 0 Å². The second kappa shape index (κ2) is 4.76. The van der Waals surface area contributed by atoms with Crippen molar-refractivity contribution >= 4 is 23.8 Å². The van der Waals surface area contributed by atoms with Crippen molar-refractivity contribution in [1.82, 2.24) is 19.4 Å². The topological polar surface area (TPSA) is 78.7 Å². The quantitative estimate of drug-likeness (QED) is 0.800. The Morgan fingerprint density at radius 1 is 1.42 bits per heavy atom. The van der Waals surface area contributed by atoms with Gasteiger partial charge in [0.05, 0.1) is 12.4 Å². The van der Waals surface area contributed by atoms with Gasteiger partial charge < -0.3 is 19.5 Å². The van der Waals surface area contributed by atoms with Crippen LogP contribution in [0.3, 0.4) is 0 Å². The SMILES string of the molecule is O=C(O)C1CSCN1C(=O)N1CCn2ccnc2C1. The van der Waals surface area contributed by atoms with Crippen LogP contribution >= 0.6 is 11.8 Å². The van der Waals surface area contributed by atoms with Crippen LogP contribution in [0.2, 0.25) is 0 Å². The summed E-state index contributed by atoms with van der Waals surface area (Å²) in [5.41, 5.74) is 0. The first-order valence-electron chi connectivity index (χ1n) is 6.03. The van der Waals surface area contributed by atoms with Gasteiger partial charge in [-0.2, -0.15) is 0 Å². The Kier molecular flexibility index (Phi) is 3.09. The summed E-state index contributed by atoms with van der Waals surface area (Å²) in [6.45, 7) is 1.74. The maximum atomic E-state index is 12.4. The Morgan fingerprint density at radius 3 is 3.05 bits per heavy atom. The number of carbonyl (C=O) groups is 2. The van der Waals surface area contributed by atoms with Crippen molar-refractivity contribution in [2.24, 2.45) is 0 Å². The molecule has 1 saturated heterocycles. The number of imidazole rings is 1. The number of hydrogen-bond acceptors (Lipinski definition) is 4. The maximum absolute atomic E-state index is 12.4. The fourth-order valence-electron chi connectivity index (χ4n) is 2.35. The van der Waals surface area contributed by atoms with E-state index in [1.165, 1.54) is 16.7 Å². The standard InChI is InChI=1S/C11H14N4O3S/c16-10(17)8-6-19-7-15(8)11(18)14-4-3-13-2-1-12-9(13)5-14/h1-2,8H,3-7H2,(H,16,17). The smallest absolute Gasteiger partial charge is 0.327 e. The maximum Gasteiger partial charge on any atom is 0.327 e. The summed E-state index contributed by atoms with van der Waals surface area (Å²) in [4.78, 5) is 30.8. The highest BCUT2D eigenvalue weighted by Crippen LogP contribution is 2.24. The number of carbonyl (C=O) groups excluding carboxylic acids is 1. The van der Waals surface area contributed by atoms with Crippen molar-refractivity contribution in [2.45, 2.75) is 19.1 Å². The molecule has 1 N–H and O–H groups in total. The lowest BCUT2D eigenvalue weighted by molar-refractivity contribution is -0.141. The van der Waals surface area contributed by atoms with E-state index < -0.39 is 12.0 Å². The van der Waals surface area contributed by atoms with E-state index >= 15 is 0 Å². The van der Waals surface area contributed by atoms with E-state index in [1.54, 1.807) is 11.1 Å². The van der Waals surface area contributed by atoms with Gasteiger partial charge in [0.2, 0.25) is 0 Å². The Morgan fingerprint density at radius 2 is 2.26 bits per heavy atom. The second-order valence-corrected chi connectivity index (χ2v) is 5.56. The van der Waals surface area contributed by atoms with Crippen molar-refractivity contribution in [3.8, 4) is 0 Å². The highest BCUT2D eigenvalue weighted by Gasteiger charge is 2.37. The number of urea groups is 1. The third-order valence-corrected chi connectivity index (χ3v) is 4.44. The van der Waals surface area contributed by atoms with Crippen molar-refractivity contribution in [3.05, 3.63) is 18.2 Å². The Hall–Kier alpha value is -1.70. The highest BCUT2D eigenvalue weighted by molar-refractivity contribution is 7.99. The molecule has 1 aromatic heterocycles. The van der Waals surface area contributed by atoms with E-state index in [4.69, 9.17) is 5.11 Å². The van der Waals surface area contributed by atoms with Crippen molar-refractivity contribution in [3.63, 3.8) is 0 Å². The molecule has 0 aliphatic carbocycles. The normalized spacial score (nSPS) is 22.4. The molecule has 7 nitrogen and oxygen atoms in total. The fraction of sp³-hybridized carbons (Fsp3) is 0.545. The summed E-state index contributed by atoms with van der Waals surface area (Å²) in [5.74, 6) is 0.819. The molecular formula is C11H14N4O3S. The lowest BCUT2D eigenvalue weighted by atomic mass is 10.3. The lowest BCUT2D eigenvalue weighted by Gasteiger charge is -2.32. The van der Waals surface area contributed by atoms with Crippen LogP contribution < -0.4 is 0 Å². The van der Waals surface area contributed by atoms with Gasteiger partial charge >= 0.3 is 12.0 Å². The zero-order valence-electron chi connectivity index (χ0n) is 10.2. The van der Waals surface area contributed by atoms with Crippen LogP contribution in [-0.2, 0) is 17.9 Å². The highest BCUT2D eigenvalue weighted by atomic mass is 32.2. The van der Waals surface area contributed by atoms with E-state index in [-0.39, 0.29) is 6.03 Å². The summed E-state index contributed by atoms with van der Waals surface area (Å²) >= 11 is 1.47. The number of nitrogens with zero attached hydrogens (tertiary/aromatic N) is 4. The van der Waals surface area contributed by atoms with E-state index in [9.17, 15) is 9.59 Å². The summed E-state index contributed by atoms with van der Waals surface area (Å²) in [6, 6.07) is -0.911. The van der Waals surface area contributed by atoms with Crippen molar-refractivity contribution < 1.29 is 14.7 Å². The average Bonchev–Trinajstić information content (AvgIpc) is 3.05. The number of aromatic nitrogens is 2. The van der Waals surface area contributed by atoms with Crippen molar-refractivity contribution in [2.75, 3.05) is 18.2 Å². The van der Waals surface area contributed by atoms with Gasteiger partial charge in [-0.25, -0.2) is 14.6 Å². The molecule has 102 valence electrons. The zero-order chi connectivity index (χ0) is 13.4. The molecule has 1 atom stereocenters. The fourth-order valence-corrected chi connectivity index (χ4v) is 3.49. The molecule has 0 aromatic carbocycles. The van der Waals surface area contributed by atoms with E-state index in [1.807, 2.05) is 10.8 Å². The van der Waals surface area contributed by atoms with E-state index in [2.05, 4.69) is 4.98 Å². The molecule has 2 aliphatic heterocycles. The molecule has 1 aromatic rings. The number of carboxylic acids is 1. The first kappa shape index (κ1) is 12.3. The number of rotatable bonds is 1. The number of hydrogen-bond donors (Lipinski definition) is 1. The van der Waals surface area contributed by atoms with Crippen molar-refractivity contribution in [1.29, 1.82) is 0 Å². The average molecular weight is 282 g/mol. The molecule has 1 fully saturated rings. The van der Waals surface area contributed by atoms with Gasteiger partial charge in [0, 0.05) is 31.2 Å². The molecule has 19 heavy (non-hydrogen) atoms. The number of aliphatic carboxylic acids is 1. The predicted molar refractivity (Wildman–Crippen MR) is 68.6 cm³/mol. The number of thioether (sulfide) groups is 1. The van der Waals surface area contributed by atoms with Gasteiger partial charge in [0.25, 0.3) is 0 Å². The molecule has 3 heterocycles. The molecule has 1 unspecified atom stereocenters. The van der Waals surface area contributed by atoms with Gasteiger partial charge in [-0.3, -0.25) is 0 Å². The monoisotopic (exact) mass is 282 g/mol. The van der Waals surface area contributed by atoms with Crippen LogP contribution in [0, 0.1) is 0 Å². The summed E-state index contributed by atoms with van der Waals surface area (Å²) in [5, 5.41) is 9.11. The molecule has 0 bridgehead atoms. The lowest BCUT2D eigenvalue weighted by Crippen LogP contribution is -2.50. The Bertz CT molecular complexity index is 518. The molecule has 0 spiro atoms. The molecule has 2 aliphatic rings. The van der Waals surface area contributed by atoms with Crippen LogP contribution in [0.5, 0.6) is 0 Å². The van der Waals surface area contributed by atoms with Crippen LogP contribution in [0.4, 0.5) is 4.79 Å². The Labute approximate surface area is 114 Å². The van der Waals surface area contributed by atoms with Gasteiger partial charge in [-0.15, -0.1) is 11.8 Å². The minimum absolute atomic E-state index is 0.202. The molecule has 3 rings (SSSR count). The Balaban J connectivity index is 1.73. The minimum Gasteiger partial charge on any atom is -0.480 e. The van der Waals surface area contributed by atoms with Crippen LogP contribution in [0.1, 0.15) is 5.82 Å². The number of fused-ring (bicyclic) bond motifs is 1. The number of carboxylic acid groups (broad SMARTS) is 1. The predicted octanol–water partition coefficient (Wildman–Crippen LogP) is 0.278. The first-order chi connectivity index (χ1) is 9.16. The zero-order valence-corrected chi connectivity index (χ0v) is 11.0. The summed E-state index contributed by atoms with van der Waals surface area (Å²) < 4.78 is 2.01. The second-order valence-electron chi connectivity index (χ2n) is 4.56. The third kappa shape index (κ3) is 2.16. The molecular weight excluding hydrogens is 268 g/mol. The first-order valence-corrected chi connectivity index (χ1v) is 7.18. The summed E-state index contributed by atoms with van der Waals surface area (Å²) in [7, 11) is 0. The molecule has 0 saturated carbocycles. The number of amides is 2. The van der Waals surface area contributed by atoms with Crippen LogP contribution in [-0.4, -0.2) is 60.7 Å². The van der Waals surface area contributed by atoms with Crippen LogP contribution in [0.25, 0.3) is 0 Å². The summed E-state index contributed by atoms with van der Waals surface area (Å²) in [6.07, 6.45) is 3.61. The largest absolute Gasteiger partial charge is 0.480 e. The third-order valence-electron chi connectivity index (χ3n) is 3.43. The minimum atomic E-state index is -0.933. The van der Waals surface area contributed by atoms with E-state index in [0.29, 0.717) is 31.3 Å². The van der Waals surface area contributed by atoms with Gasteiger partial charge in [0.1, 0.15) is 11.9 Å². The van der Waals surface area contributed by atoms with E-state index in [0.717, 1.165) is 5.82 Å². The molecule has 2 amide bonds. The molecule has 0 radical (unpaired) electrons. The molecule has 8 heteroatoms. The van der Waals surface area contributed by atoms with Gasteiger partial charge in [-0.1, -0.05) is 0 Å².